The Morgan fingerprint density at radius 1 is 1.16 bits per heavy atom. The molecule has 1 aromatic heterocycles. The molecule has 0 aliphatic rings. The second-order valence-corrected chi connectivity index (χ2v) is 5.98. The van der Waals surface area contributed by atoms with Crippen molar-refractivity contribution in [2.75, 3.05) is 20.1 Å². The fourth-order valence-electron chi connectivity index (χ4n) is 2.37. The summed E-state index contributed by atoms with van der Waals surface area (Å²) in [5.41, 5.74) is 3.84. The predicted octanol–water partition coefficient (Wildman–Crippen LogP) is 4.18. The molecule has 0 bridgehead atoms. The van der Waals surface area contributed by atoms with Gasteiger partial charge in [-0.1, -0.05) is 20.8 Å². The summed E-state index contributed by atoms with van der Waals surface area (Å²) in [4.78, 5) is 7.19. The lowest BCUT2D eigenvalue weighted by molar-refractivity contribution is 0.326. The monoisotopic (exact) mass is 262 g/mol. The standard InChI is InChI=1S/C17H30N2/c1-6-10-19(5)11-8-7-9-16-12-15(4)13-17(18-16)14(2)3/h12-14H,6-11H2,1-5H3. The molecule has 0 aliphatic carbocycles. The maximum absolute atomic E-state index is 4.77. The van der Waals surface area contributed by atoms with Crippen molar-refractivity contribution in [3.05, 3.63) is 29.1 Å². The Kier molecular flexibility index (Phi) is 7.07. The van der Waals surface area contributed by atoms with Crippen LogP contribution in [0.4, 0.5) is 0 Å². The number of unbranched alkanes of at least 4 members (excludes halogenated alkanes) is 1. The summed E-state index contributed by atoms with van der Waals surface area (Å²) in [5, 5.41) is 0. The molecule has 108 valence electrons. The maximum atomic E-state index is 4.77. The van der Waals surface area contributed by atoms with Gasteiger partial charge in [0.05, 0.1) is 0 Å². The average Bonchev–Trinajstić information content (AvgIpc) is 2.34. The zero-order valence-corrected chi connectivity index (χ0v) is 13.4. The number of pyridine rings is 1. The van der Waals surface area contributed by atoms with Gasteiger partial charge >= 0.3 is 0 Å². The molecule has 0 saturated carbocycles. The highest BCUT2D eigenvalue weighted by Crippen LogP contribution is 2.15. The lowest BCUT2D eigenvalue weighted by Gasteiger charge is -2.15. The molecular weight excluding hydrogens is 232 g/mol. The van der Waals surface area contributed by atoms with Crippen LogP contribution in [0.2, 0.25) is 0 Å². The molecule has 19 heavy (non-hydrogen) atoms. The fourth-order valence-corrected chi connectivity index (χ4v) is 2.37. The van der Waals surface area contributed by atoms with Gasteiger partial charge in [-0.3, -0.25) is 4.98 Å². The summed E-state index contributed by atoms with van der Waals surface area (Å²) in [6.07, 6.45) is 4.86. The number of aryl methyl sites for hydroxylation is 2. The van der Waals surface area contributed by atoms with Crippen molar-refractivity contribution in [3.8, 4) is 0 Å². The Morgan fingerprint density at radius 2 is 1.89 bits per heavy atom. The van der Waals surface area contributed by atoms with Crippen molar-refractivity contribution in [2.45, 2.75) is 59.3 Å². The van der Waals surface area contributed by atoms with Gasteiger partial charge in [-0.25, -0.2) is 0 Å². The highest BCUT2D eigenvalue weighted by atomic mass is 15.1. The highest BCUT2D eigenvalue weighted by Gasteiger charge is 2.04. The first kappa shape index (κ1) is 16.2. The molecule has 1 rings (SSSR count). The molecule has 0 fully saturated rings. The van der Waals surface area contributed by atoms with Gasteiger partial charge in [0.25, 0.3) is 0 Å². The van der Waals surface area contributed by atoms with Gasteiger partial charge < -0.3 is 4.90 Å². The fraction of sp³-hybridized carbons (Fsp3) is 0.706. The number of hydrogen-bond donors (Lipinski definition) is 0. The van der Waals surface area contributed by atoms with E-state index in [-0.39, 0.29) is 0 Å². The van der Waals surface area contributed by atoms with Crippen LogP contribution < -0.4 is 0 Å². The molecule has 0 atom stereocenters. The van der Waals surface area contributed by atoms with Gasteiger partial charge in [0.2, 0.25) is 0 Å². The van der Waals surface area contributed by atoms with Crippen molar-refractivity contribution in [2.24, 2.45) is 0 Å². The Bertz CT molecular complexity index is 372. The molecule has 0 N–H and O–H groups in total. The van der Waals surface area contributed by atoms with Crippen LogP contribution in [0, 0.1) is 6.92 Å². The van der Waals surface area contributed by atoms with Crippen LogP contribution in [0.15, 0.2) is 12.1 Å². The molecule has 0 spiro atoms. The molecule has 0 aliphatic heterocycles. The average molecular weight is 262 g/mol. The van der Waals surface area contributed by atoms with E-state index < -0.39 is 0 Å². The third kappa shape index (κ3) is 6.20. The summed E-state index contributed by atoms with van der Waals surface area (Å²) >= 11 is 0. The van der Waals surface area contributed by atoms with Gasteiger partial charge in [-0.15, -0.1) is 0 Å². The Morgan fingerprint density at radius 3 is 2.53 bits per heavy atom. The van der Waals surface area contributed by atoms with E-state index >= 15 is 0 Å². The number of nitrogens with zero attached hydrogens (tertiary/aromatic N) is 2. The summed E-state index contributed by atoms with van der Waals surface area (Å²) in [6.45, 7) is 11.3. The van der Waals surface area contributed by atoms with E-state index in [2.05, 4.69) is 51.8 Å². The topological polar surface area (TPSA) is 16.1 Å². The Labute approximate surface area is 119 Å². The molecule has 2 heteroatoms. The summed E-state index contributed by atoms with van der Waals surface area (Å²) in [7, 11) is 2.21. The number of hydrogen-bond acceptors (Lipinski definition) is 2. The SMILES string of the molecule is CCCN(C)CCCCc1cc(C)cc(C(C)C)n1. The van der Waals surface area contributed by atoms with E-state index in [4.69, 9.17) is 4.98 Å². The molecule has 0 amide bonds. The normalized spacial score (nSPS) is 11.5. The van der Waals surface area contributed by atoms with Crippen molar-refractivity contribution < 1.29 is 0 Å². The Hall–Kier alpha value is -0.890. The predicted molar refractivity (Wildman–Crippen MR) is 83.8 cm³/mol. The van der Waals surface area contributed by atoms with Crippen molar-refractivity contribution in [3.63, 3.8) is 0 Å². The highest BCUT2D eigenvalue weighted by molar-refractivity contribution is 5.22. The van der Waals surface area contributed by atoms with Crippen LogP contribution in [-0.4, -0.2) is 30.0 Å². The minimum absolute atomic E-state index is 0.523. The van der Waals surface area contributed by atoms with E-state index in [1.165, 1.54) is 49.3 Å². The summed E-state index contributed by atoms with van der Waals surface area (Å²) in [6, 6.07) is 4.45. The molecule has 0 saturated heterocycles. The molecule has 0 aromatic carbocycles. The van der Waals surface area contributed by atoms with Crippen LogP contribution in [0.1, 0.15) is 62.9 Å². The quantitative estimate of drug-likeness (QED) is 0.653. The van der Waals surface area contributed by atoms with Crippen molar-refractivity contribution in [1.29, 1.82) is 0 Å². The van der Waals surface area contributed by atoms with Crippen LogP contribution in [0.3, 0.4) is 0 Å². The van der Waals surface area contributed by atoms with Gasteiger partial charge in [-0.2, -0.15) is 0 Å². The molecule has 1 heterocycles. The first-order valence-corrected chi connectivity index (χ1v) is 7.69. The van der Waals surface area contributed by atoms with Crippen LogP contribution in [0.5, 0.6) is 0 Å². The van der Waals surface area contributed by atoms with E-state index in [1.807, 2.05) is 0 Å². The third-order valence-corrected chi connectivity index (χ3v) is 3.46. The largest absolute Gasteiger partial charge is 0.306 e. The van der Waals surface area contributed by atoms with Gasteiger partial charge in [0.1, 0.15) is 0 Å². The second-order valence-electron chi connectivity index (χ2n) is 5.98. The Balaban J connectivity index is 2.41. The minimum Gasteiger partial charge on any atom is -0.306 e. The van der Waals surface area contributed by atoms with Crippen molar-refractivity contribution >= 4 is 0 Å². The van der Waals surface area contributed by atoms with E-state index in [9.17, 15) is 0 Å². The minimum atomic E-state index is 0.523. The molecular formula is C17H30N2. The number of rotatable bonds is 8. The maximum Gasteiger partial charge on any atom is 0.0434 e. The second kappa shape index (κ2) is 8.31. The van der Waals surface area contributed by atoms with E-state index in [0.717, 1.165) is 6.42 Å². The summed E-state index contributed by atoms with van der Waals surface area (Å²) in [5.74, 6) is 0.523. The van der Waals surface area contributed by atoms with Crippen LogP contribution in [0.25, 0.3) is 0 Å². The first-order valence-electron chi connectivity index (χ1n) is 7.69. The van der Waals surface area contributed by atoms with Gasteiger partial charge in [-0.05, 0) is 76.4 Å². The van der Waals surface area contributed by atoms with Crippen LogP contribution in [-0.2, 0) is 6.42 Å². The zero-order chi connectivity index (χ0) is 14.3. The van der Waals surface area contributed by atoms with E-state index in [0.29, 0.717) is 5.92 Å². The lowest BCUT2D eigenvalue weighted by atomic mass is 10.1. The number of aromatic nitrogens is 1. The smallest absolute Gasteiger partial charge is 0.0434 e. The third-order valence-electron chi connectivity index (χ3n) is 3.46. The van der Waals surface area contributed by atoms with Crippen molar-refractivity contribution in [1.82, 2.24) is 9.88 Å². The lowest BCUT2D eigenvalue weighted by Crippen LogP contribution is -2.20. The van der Waals surface area contributed by atoms with Crippen LogP contribution >= 0.6 is 0 Å². The molecule has 0 unspecified atom stereocenters. The molecule has 0 radical (unpaired) electrons. The molecule has 2 nitrogen and oxygen atoms in total. The first-order chi connectivity index (χ1) is 9.02. The van der Waals surface area contributed by atoms with Gasteiger partial charge in [0.15, 0.2) is 0 Å². The molecule has 1 aromatic rings. The summed E-state index contributed by atoms with van der Waals surface area (Å²) < 4.78 is 0. The van der Waals surface area contributed by atoms with E-state index in [1.54, 1.807) is 0 Å². The van der Waals surface area contributed by atoms with Gasteiger partial charge in [0, 0.05) is 11.4 Å². The zero-order valence-electron chi connectivity index (χ0n) is 13.4.